The minimum absolute atomic E-state index is 0.121. The monoisotopic (exact) mass is 426 g/mol. The highest BCUT2D eigenvalue weighted by molar-refractivity contribution is 6.90. The SMILES string of the molecule is CC(C)[Si](C#C[C@]1(C(O)CC(=O)OC(C)(C)C)COC(C)(C)O1)(C(C)C)C(C)C. The molecular formula is C23H42O5Si. The van der Waals surface area contributed by atoms with Gasteiger partial charge in [0.2, 0.25) is 0 Å². The van der Waals surface area contributed by atoms with Gasteiger partial charge in [0.05, 0.1) is 13.0 Å². The van der Waals surface area contributed by atoms with Gasteiger partial charge < -0.3 is 19.3 Å². The van der Waals surface area contributed by atoms with E-state index in [0.717, 1.165) is 0 Å². The van der Waals surface area contributed by atoms with E-state index < -0.39 is 37.1 Å². The number of aliphatic hydroxyl groups excluding tert-OH is 1. The molecule has 168 valence electrons. The topological polar surface area (TPSA) is 65.0 Å². The van der Waals surface area contributed by atoms with Crippen molar-refractivity contribution in [2.45, 2.75) is 122 Å². The van der Waals surface area contributed by atoms with Crippen LogP contribution in [-0.2, 0) is 19.0 Å². The van der Waals surface area contributed by atoms with Crippen LogP contribution in [0.1, 0.15) is 82.6 Å². The van der Waals surface area contributed by atoms with Gasteiger partial charge in [-0.1, -0.05) is 47.5 Å². The fourth-order valence-corrected chi connectivity index (χ4v) is 9.73. The summed E-state index contributed by atoms with van der Waals surface area (Å²) in [6.45, 7) is 22.6. The lowest BCUT2D eigenvalue weighted by molar-refractivity contribution is -0.177. The van der Waals surface area contributed by atoms with Crippen molar-refractivity contribution in [3.63, 3.8) is 0 Å². The molecule has 0 radical (unpaired) electrons. The third-order valence-electron chi connectivity index (χ3n) is 5.74. The summed E-state index contributed by atoms with van der Waals surface area (Å²) < 4.78 is 17.3. The Labute approximate surface area is 178 Å². The lowest BCUT2D eigenvalue weighted by atomic mass is 9.96. The molecule has 29 heavy (non-hydrogen) atoms. The van der Waals surface area contributed by atoms with Gasteiger partial charge in [-0.25, -0.2) is 0 Å². The molecule has 0 bridgehead atoms. The van der Waals surface area contributed by atoms with Crippen molar-refractivity contribution < 1.29 is 24.1 Å². The van der Waals surface area contributed by atoms with Crippen molar-refractivity contribution in [3.05, 3.63) is 0 Å². The Morgan fingerprint density at radius 2 is 1.59 bits per heavy atom. The van der Waals surface area contributed by atoms with Crippen molar-refractivity contribution in [1.82, 2.24) is 0 Å². The third kappa shape index (κ3) is 6.30. The molecule has 0 aromatic heterocycles. The number of esters is 1. The van der Waals surface area contributed by atoms with Gasteiger partial charge in [-0.15, -0.1) is 5.54 Å². The zero-order chi connectivity index (χ0) is 22.8. The van der Waals surface area contributed by atoms with Gasteiger partial charge in [0.1, 0.15) is 19.8 Å². The number of carbonyl (C=O) groups excluding carboxylic acids is 1. The van der Waals surface area contributed by atoms with E-state index in [1.165, 1.54) is 0 Å². The highest BCUT2D eigenvalue weighted by Crippen LogP contribution is 2.42. The molecule has 6 heteroatoms. The Hall–Kier alpha value is -0.873. The van der Waals surface area contributed by atoms with E-state index in [2.05, 4.69) is 53.0 Å². The quantitative estimate of drug-likeness (QED) is 0.375. The largest absolute Gasteiger partial charge is 0.460 e. The number of carbonyl (C=O) groups is 1. The zero-order valence-electron chi connectivity index (χ0n) is 20.3. The molecule has 1 unspecified atom stereocenters. The van der Waals surface area contributed by atoms with Crippen molar-refractivity contribution in [2.75, 3.05) is 6.61 Å². The molecule has 1 aliphatic heterocycles. The van der Waals surface area contributed by atoms with Gasteiger partial charge in [-0.3, -0.25) is 4.79 Å². The van der Waals surface area contributed by atoms with E-state index >= 15 is 0 Å². The Kier molecular flexibility index (Phi) is 8.20. The fourth-order valence-electron chi connectivity index (χ4n) is 4.44. The van der Waals surface area contributed by atoms with Gasteiger partial charge in [0, 0.05) is 0 Å². The second kappa shape index (κ2) is 9.09. The predicted molar refractivity (Wildman–Crippen MR) is 119 cm³/mol. The second-order valence-electron chi connectivity index (χ2n) is 10.6. The third-order valence-corrected chi connectivity index (χ3v) is 12.0. The molecule has 1 fully saturated rings. The van der Waals surface area contributed by atoms with Crippen LogP contribution in [-0.4, -0.2) is 48.8 Å². The molecule has 1 saturated heterocycles. The summed E-state index contributed by atoms with van der Waals surface area (Å²) in [6.07, 6.45) is -1.32. The van der Waals surface area contributed by atoms with Crippen LogP contribution in [0.15, 0.2) is 0 Å². The van der Waals surface area contributed by atoms with Gasteiger partial charge in [0.15, 0.2) is 11.4 Å². The fraction of sp³-hybridized carbons (Fsp3) is 0.870. The van der Waals surface area contributed by atoms with E-state index in [1.54, 1.807) is 34.6 Å². The van der Waals surface area contributed by atoms with E-state index in [0.29, 0.717) is 16.6 Å². The normalized spacial score (nSPS) is 23.3. The van der Waals surface area contributed by atoms with Crippen LogP contribution < -0.4 is 0 Å². The Bertz CT molecular complexity index is 614. The van der Waals surface area contributed by atoms with Crippen molar-refractivity contribution >= 4 is 14.0 Å². The molecule has 1 N–H and O–H groups in total. The van der Waals surface area contributed by atoms with Crippen molar-refractivity contribution in [1.29, 1.82) is 0 Å². The smallest absolute Gasteiger partial charge is 0.309 e. The van der Waals surface area contributed by atoms with Crippen molar-refractivity contribution in [3.8, 4) is 11.5 Å². The van der Waals surface area contributed by atoms with Crippen molar-refractivity contribution in [2.24, 2.45) is 0 Å². The average molecular weight is 427 g/mol. The summed E-state index contributed by atoms with van der Waals surface area (Å²) in [5, 5.41) is 11.0. The average Bonchev–Trinajstić information content (AvgIpc) is 2.81. The summed E-state index contributed by atoms with van der Waals surface area (Å²) in [5.41, 5.74) is 3.12. The number of hydrogen-bond donors (Lipinski definition) is 1. The Morgan fingerprint density at radius 1 is 1.10 bits per heavy atom. The van der Waals surface area contributed by atoms with Crippen LogP contribution in [0.25, 0.3) is 0 Å². The van der Waals surface area contributed by atoms with Crippen LogP contribution in [0.2, 0.25) is 16.6 Å². The Morgan fingerprint density at radius 3 is 1.93 bits per heavy atom. The molecule has 0 aliphatic carbocycles. The van der Waals surface area contributed by atoms with Crippen LogP contribution in [0.4, 0.5) is 0 Å². The van der Waals surface area contributed by atoms with Gasteiger partial charge in [0.25, 0.3) is 0 Å². The van der Waals surface area contributed by atoms with E-state index in [1.807, 2.05) is 0 Å². The van der Waals surface area contributed by atoms with Gasteiger partial charge in [-0.2, -0.15) is 0 Å². The highest BCUT2D eigenvalue weighted by Gasteiger charge is 2.51. The van der Waals surface area contributed by atoms with Gasteiger partial charge >= 0.3 is 5.97 Å². The Balaban J connectivity index is 3.34. The summed E-state index contributed by atoms with van der Waals surface area (Å²) in [6, 6.07) is 0. The first kappa shape index (κ1) is 26.2. The minimum Gasteiger partial charge on any atom is -0.460 e. The van der Waals surface area contributed by atoms with Crippen LogP contribution >= 0.6 is 0 Å². The number of rotatable bonds is 6. The molecular weight excluding hydrogens is 384 g/mol. The second-order valence-corrected chi connectivity index (χ2v) is 16.2. The predicted octanol–water partition coefficient (Wildman–Crippen LogP) is 4.82. The molecule has 0 aromatic rings. The van der Waals surface area contributed by atoms with Gasteiger partial charge in [-0.05, 0) is 51.2 Å². The first-order chi connectivity index (χ1) is 13.0. The molecule has 1 heterocycles. The maximum atomic E-state index is 12.3. The summed E-state index contributed by atoms with van der Waals surface area (Å²) in [4.78, 5) is 12.3. The van der Waals surface area contributed by atoms with Crippen LogP contribution in [0.3, 0.4) is 0 Å². The number of ether oxygens (including phenoxy) is 3. The molecule has 1 rings (SSSR count). The molecule has 1 aliphatic rings. The van der Waals surface area contributed by atoms with E-state index in [9.17, 15) is 9.90 Å². The molecule has 2 atom stereocenters. The highest BCUT2D eigenvalue weighted by atomic mass is 28.3. The maximum absolute atomic E-state index is 12.3. The van der Waals surface area contributed by atoms with Crippen LogP contribution in [0, 0.1) is 11.5 Å². The molecule has 0 aromatic carbocycles. The standard InChI is InChI=1S/C23H42O5Si/c1-16(2)29(17(3)4,18(5)6)13-12-23(15-26-22(10,11)28-23)19(24)14-20(25)27-21(7,8)9/h16-19,24H,14-15H2,1-11H3/t19?,23-/m1/s1. The molecule has 5 nitrogen and oxygen atoms in total. The lowest BCUT2D eigenvalue weighted by Crippen LogP contribution is -2.48. The van der Waals surface area contributed by atoms with E-state index in [4.69, 9.17) is 14.2 Å². The first-order valence-electron chi connectivity index (χ1n) is 10.8. The summed E-state index contributed by atoms with van der Waals surface area (Å²) in [7, 11) is -2.04. The summed E-state index contributed by atoms with van der Waals surface area (Å²) in [5.74, 6) is 1.96. The van der Waals surface area contributed by atoms with E-state index in [-0.39, 0.29) is 13.0 Å². The maximum Gasteiger partial charge on any atom is 0.309 e. The summed E-state index contributed by atoms with van der Waals surface area (Å²) >= 11 is 0. The zero-order valence-corrected chi connectivity index (χ0v) is 21.3. The van der Waals surface area contributed by atoms with Crippen LogP contribution in [0.5, 0.6) is 0 Å². The molecule has 0 saturated carbocycles. The molecule has 0 amide bonds. The number of aliphatic hydroxyl groups is 1. The molecule has 0 spiro atoms. The first-order valence-corrected chi connectivity index (χ1v) is 13.0. The lowest BCUT2D eigenvalue weighted by Gasteiger charge is -2.39. The minimum atomic E-state index is -2.04. The number of hydrogen-bond acceptors (Lipinski definition) is 5.